The highest BCUT2D eigenvalue weighted by atomic mass is 16.5. The van der Waals surface area contributed by atoms with Gasteiger partial charge in [-0.1, -0.05) is 31.2 Å². The maximum Gasteiger partial charge on any atom is 0.206 e. The number of allylic oxidation sites excluding steroid dienone is 5. The molecular weight excluding hydrogens is 200 g/mol. The van der Waals surface area contributed by atoms with Crippen LogP contribution in [0.1, 0.15) is 27.2 Å². The van der Waals surface area contributed by atoms with E-state index in [4.69, 9.17) is 4.74 Å². The van der Waals surface area contributed by atoms with E-state index < -0.39 is 5.60 Å². The Hall–Kier alpha value is -1.57. The standard InChI is InChI=1S/C14H18O2/c1-4-6-7-8-10-14(3)13(15)11-12(16-14)9-5-2/h5-11H,4H2,1-3H3/b7-6+,9-5+,10-8+/t14-/m0/s1. The van der Waals surface area contributed by atoms with Crippen LogP contribution in [0.5, 0.6) is 0 Å². The summed E-state index contributed by atoms with van der Waals surface area (Å²) in [5.74, 6) is 0.612. The quantitative estimate of drug-likeness (QED) is 0.676. The first-order chi connectivity index (χ1) is 7.62. The lowest BCUT2D eigenvalue weighted by Gasteiger charge is -2.18. The molecule has 0 bridgehead atoms. The minimum atomic E-state index is -0.840. The van der Waals surface area contributed by atoms with E-state index in [0.29, 0.717) is 5.76 Å². The van der Waals surface area contributed by atoms with Crippen LogP contribution >= 0.6 is 0 Å². The lowest BCUT2D eigenvalue weighted by Crippen LogP contribution is -2.29. The fourth-order valence-electron chi connectivity index (χ4n) is 1.41. The first-order valence-electron chi connectivity index (χ1n) is 5.54. The molecule has 1 atom stereocenters. The normalized spacial score (nSPS) is 25.9. The van der Waals surface area contributed by atoms with Crippen LogP contribution in [0.2, 0.25) is 0 Å². The second-order valence-corrected chi connectivity index (χ2v) is 3.82. The van der Waals surface area contributed by atoms with Gasteiger partial charge in [0.2, 0.25) is 5.78 Å². The summed E-state index contributed by atoms with van der Waals surface area (Å²) in [6.45, 7) is 5.73. The number of hydrogen-bond acceptors (Lipinski definition) is 2. The van der Waals surface area contributed by atoms with Crippen molar-refractivity contribution in [3.8, 4) is 0 Å². The molecule has 0 N–H and O–H groups in total. The average molecular weight is 218 g/mol. The van der Waals surface area contributed by atoms with Gasteiger partial charge < -0.3 is 4.74 Å². The molecule has 16 heavy (non-hydrogen) atoms. The lowest BCUT2D eigenvalue weighted by atomic mass is 10.0. The first-order valence-corrected chi connectivity index (χ1v) is 5.54. The topological polar surface area (TPSA) is 26.3 Å². The summed E-state index contributed by atoms with van der Waals surface area (Å²) < 4.78 is 5.59. The zero-order chi connectivity index (χ0) is 12.0. The number of carbonyl (C=O) groups is 1. The van der Waals surface area contributed by atoms with Crippen LogP contribution in [0.3, 0.4) is 0 Å². The number of ketones is 1. The highest BCUT2D eigenvalue weighted by Gasteiger charge is 2.36. The molecule has 2 heteroatoms. The third kappa shape index (κ3) is 2.96. The second kappa shape index (κ2) is 5.50. The van der Waals surface area contributed by atoms with Crippen molar-refractivity contribution in [2.45, 2.75) is 32.8 Å². The minimum Gasteiger partial charge on any atom is -0.475 e. The third-order valence-corrected chi connectivity index (χ3v) is 2.32. The second-order valence-electron chi connectivity index (χ2n) is 3.82. The van der Waals surface area contributed by atoms with E-state index in [1.807, 2.05) is 31.2 Å². The van der Waals surface area contributed by atoms with Gasteiger partial charge in [0.05, 0.1) is 0 Å². The number of rotatable bonds is 4. The molecule has 0 aromatic carbocycles. The van der Waals surface area contributed by atoms with Crippen LogP contribution in [0, 0.1) is 0 Å². The molecule has 0 spiro atoms. The smallest absolute Gasteiger partial charge is 0.206 e. The molecule has 0 unspecified atom stereocenters. The maximum absolute atomic E-state index is 11.7. The summed E-state index contributed by atoms with van der Waals surface area (Å²) in [4.78, 5) is 11.7. The van der Waals surface area contributed by atoms with Gasteiger partial charge in [0, 0.05) is 6.08 Å². The first kappa shape index (κ1) is 12.5. The Labute approximate surface area is 97.0 Å². The molecule has 2 nitrogen and oxygen atoms in total. The summed E-state index contributed by atoms with van der Waals surface area (Å²) in [5.41, 5.74) is -0.840. The summed E-state index contributed by atoms with van der Waals surface area (Å²) in [6.07, 6.45) is 13.8. The van der Waals surface area contributed by atoms with Crippen molar-refractivity contribution in [1.82, 2.24) is 0 Å². The molecule has 86 valence electrons. The Kier molecular flexibility index (Phi) is 4.29. The largest absolute Gasteiger partial charge is 0.475 e. The van der Waals surface area contributed by atoms with Gasteiger partial charge in [0.15, 0.2) is 5.60 Å². The van der Waals surface area contributed by atoms with E-state index in [1.54, 1.807) is 19.1 Å². The molecule has 0 aromatic rings. The summed E-state index contributed by atoms with van der Waals surface area (Å²) >= 11 is 0. The van der Waals surface area contributed by atoms with Crippen LogP contribution in [0.4, 0.5) is 0 Å². The van der Waals surface area contributed by atoms with Gasteiger partial charge in [-0.05, 0) is 32.4 Å². The Morgan fingerprint density at radius 3 is 2.81 bits per heavy atom. The van der Waals surface area contributed by atoms with Gasteiger partial charge in [0.1, 0.15) is 5.76 Å². The molecule has 0 aliphatic carbocycles. The van der Waals surface area contributed by atoms with Crippen molar-refractivity contribution in [1.29, 1.82) is 0 Å². The monoisotopic (exact) mass is 218 g/mol. The van der Waals surface area contributed by atoms with Gasteiger partial charge in [-0.2, -0.15) is 0 Å². The Morgan fingerprint density at radius 1 is 1.44 bits per heavy atom. The molecule has 0 saturated heterocycles. The van der Waals surface area contributed by atoms with Crippen molar-refractivity contribution in [3.63, 3.8) is 0 Å². The number of ether oxygens (including phenoxy) is 1. The Bertz CT molecular complexity index is 372. The summed E-state index contributed by atoms with van der Waals surface area (Å²) in [5, 5.41) is 0. The van der Waals surface area contributed by atoms with Crippen molar-refractivity contribution < 1.29 is 9.53 Å². The molecule has 0 saturated carbocycles. The maximum atomic E-state index is 11.7. The molecule has 0 amide bonds. The van der Waals surface area contributed by atoms with E-state index in [0.717, 1.165) is 6.42 Å². The van der Waals surface area contributed by atoms with E-state index in [1.165, 1.54) is 6.08 Å². The number of hydrogen-bond donors (Lipinski definition) is 0. The van der Waals surface area contributed by atoms with Gasteiger partial charge >= 0.3 is 0 Å². The van der Waals surface area contributed by atoms with Crippen LogP contribution in [-0.2, 0) is 9.53 Å². The van der Waals surface area contributed by atoms with Crippen molar-refractivity contribution in [3.05, 3.63) is 48.3 Å². The zero-order valence-corrected chi connectivity index (χ0v) is 10.1. The molecule has 0 radical (unpaired) electrons. The zero-order valence-electron chi connectivity index (χ0n) is 10.1. The van der Waals surface area contributed by atoms with Gasteiger partial charge in [-0.15, -0.1) is 0 Å². The third-order valence-electron chi connectivity index (χ3n) is 2.32. The SMILES string of the molecule is C/C=C/C1=CC(=O)[C@](C)(/C=C/C=C/CC)O1. The summed E-state index contributed by atoms with van der Waals surface area (Å²) in [7, 11) is 0. The van der Waals surface area contributed by atoms with Crippen molar-refractivity contribution >= 4 is 5.78 Å². The molecular formula is C14H18O2. The van der Waals surface area contributed by atoms with Crippen LogP contribution < -0.4 is 0 Å². The van der Waals surface area contributed by atoms with E-state index in [2.05, 4.69) is 6.92 Å². The summed E-state index contributed by atoms with van der Waals surface area (Å²) in [6, 6.07) is 0. The predicted molar refractivity (Wildman–Crippen MR) is 66.0 cm³/mol. The van der Waals surface area contributed by atoms with Crippen molar-refractivity contribution in [2.75, 3.05) is 0 Å². The Morgan fingerprint density at radius 2 is 2.19 bits per heavy atom. The van der Waals surface area contributed by atoms with E-state index >= 15 is 0 Å². The van der Waals surface area contributed by atoms with E-state index in [-0.39, 0.29) is 5.78 Å². The fraction of sp³-hybridized carbons (Fsp3) is 0.357. The highest BCUT2D eigenvalue weighted by molar-refractivity contribution is 6.01. The molecule has 1 aliphatic rings. The van der Waals surface area contributed by atoms with Gasteiger partial charge in [0.25, 0.3) is 0 Å². The fourth-order valence-corrected chi connectivity index (χ4v) is 1.41. The Balaban J connectivity index is 2.71. The highest BCUT2D eigenvalue weighted by Crippen LogP contribution is 2.26. The van der Waals surface area contributed by atoms with Gasteiger partial charge in [-0.3, -0.25) is 4.79 Å². The number of carbonyl (C=O) groups excluding carboxylic acids is 1. The van der Waals surface area contributed by atoms with E-state index in [9.17, 15) is 4.79 Å². The molecule has 0 aromatic heterocycles. The lowest BCUT2D eigenvalue weighted by molar-refractivity contribution is -0.124. The molecule has 1 aliphatic heterocycles. The van der Waals surface area contributed by atoms with Gasteiger partial charge in [-0.25, -0.2) is 0 Å². The predicted octanol–water partition coefficient (Wildman–Crippen LogP) is 3.33. The van der Waals surface area contributed by atoms with Crippen LogP contribution in [0.25, 0.3) is 0 Å². The van der Waals surface area contributed by atoms with Crippen molar-refractivity contribution in [2.24, 2.45) is 0 Å². The minimum absolute atomic E-state index is 0.0123. The molecule has 1 heterocycles. The molecule has 0 fully saturated rings. The molecule has 1 rings (SSSR count). The van der Waals surface area contributed by atoms with Crippen LogP contribution in [-0.4, -0.2) is 11.4 Å². The van der Waals surface area contributed by atoms with Crippen LogP contribution in [0.15, 0.2) is 48.3 Å². The average Bonchev–Trinajstić information content (AvgIpc) is 2.51.